The van der Waals surface area contributed by atoms with Crippen LogP contribution in [-0.4, -0.2) is 22.8 Å². The molecule has 0 spiro atoms. The fourth-order valence-corrected chi connectivity index (χ4v) is 1.91. The third-order valence-corrected chi connectivity index (χ3v) is 2.88. The van der Waals surface area contributed by atoms with Gasteiger partial charge in [0.1, 0.15) is 5.75 Å². The molecule has 2 rings (SSSR count). The molecule has 1 aromatic carbocycles. The average molecular weight is 259 g/mol. The van der Waals surface area contributed by atoms with Gasteiger partial charge in [0, 0.05) is 16.7 Å². The number of hydrogen-bond acceptors (Lipinski definition) is 3. The molecule has 0 atom stereocenters. The number of nitrogens with zero attached hydrogens (tertiary/aromatic N) is 1. The molecule has 4 nitrogen and oxygen atoms in total. The number of aromatic nitrogens is 2. The van der Waals surface area contributed by atoms with Gasteiger partial charge >= 0.3 is 0 Å². The quantitative estimate of drug-likeness (QED) is 0.885. The minimum Gasteiger partial charge on any atom is -0.497 e. The van der Waals surface area contributed by atoms with Gasteiger partial charge in [0.05, 0.1) is 12.8 Å². The number of benzene rings is 1. The smallest absolute Gasteiger partial charge is 0.151 e. The van der Waals surface area contributed by atoms with E-state index in [1.165, 1.54) is 0 Å². The second-order valence-electron chi connectivity index (χ2n) is 5.68. The lowest BCUT2D eigenvalue weighted by atomic mass is 10.1. The zero-order valence-electron chi connectivity index (χ0n) is 12.2. The van der Waals surface area contributed by atoms with E-state index in [0.29, 0.717) is 0 Å². The molecule has 2 aromatic rings. The van der Waals surface area contributed by atoms with Crippen LogP contribution in [0, 0.1) is 6.92 Å². The van der Waals surface area contributed by atoms with Crippen LogP contribution < -0.4 is 10.1 Å². The summed E-state index contributed by atoms with van der Waals surface area (Å²) in [6.45, 7) is 8.42. The van der Waals surface area contributed by atoms with Crippen LogP contribution in [0.4, 0.5) is 5.82 Å². The largest absolute Gasteiger partial charge is 0.497 e. The van der Waals surface area contributed by atoms with E-state index in [2.05, 4.69) is 43.2 Å². The zero-order chi connectivity index (χ0) is 14.0. The van der Waals surface area contributed by atoms with Crippen LogP contribution in [-0.2, 0) is 0 Å². The molecule has 0 amide bonds. The van der Waals surface area contributed by atoms with E-state index in [4.69, 9.17) is 4.74 Å². The highest BCUT2D eigenvalue weighted by Gasteiger charge is 2.16. The number of H-pyrrole nitrogens is 1. The Morgan fingerprint density at radius 2 is 1.79 bits per heavy atom. The molecule has 0 radical (unpaired) electrons. The van der Waals surface area contributed by atoms with Gasteiger partial charge in [-0.3, -0.25) is 5.10 Å². The van der Waals surface area contributed by atoms with Gasteiger partial charge in [-0.1, -0.05) is 0 Å². The SMILES string of the molecule is COc1ccc(-c2[nH]nc(NC(C)(C)C)c2C)cc1. The van der Waals surface area contributed by atoms with Crippen molar-refractivity contribution in [1.82, 2.24) is 10.2 Å². The molecule has 0 saturated carbocycles. The van der Waals surface area contributed by atoms with Crippen molar-refractivity contribution >= 4 is 5.82 Å². The van der Waals surface area contributed by atoms with Crippen LogP contribution >= 0.6 is 0 Å². The van der Waals surface area contributed by atoms with Crippen molar-refractivity contribution in [2.24, 2.45) is 0 Å². The van der Waals surface area contributed by atoms with Crippen LogP contribution in [0.15, 0.2) is 24.3 Å². The van der Waals surface area contributed by atoms with E-state index in [1.54, 1.807) is 7.11 Å². The molecule has 0 aliphatic carbocycles. The summed E-state index contributed by atoms with van der Waals surface area (Å²) >= 11 is 0. The number of ether oxygens (including phenoxy) is 1. The third-order valence-electron chi connectivity index (χ3n) is 2.88. The summed E-state index contributed by atoms with van der Waals surface area (Å²) in [4.78, 5) is 0. The lowest BCUT2D eigenvalue weighted by Crippen LogP contribution is -2.26. The summed E-state index contributed by atoms with van der Waals surface area (Å²) in [7, 11) is 1.67. The first-order valence-electron chi connectivity index (χ1n) is 6.38. The van der Waals surface area contributed by atoms with Crippen molar-refractivity contribution < 1.29 is 4.74 Å². The van der Waals surface area contributed by atoms with Gasteiger partial charge in [-0.15, -0.1) is 0 Å². The van der Waals surface area contributed by atoms with E-state index in [1.807, 2.05) is 24.3 Å². The van der Waals surface area contributed by atoms with E-state index < -0.39 is 0 Å². The van der Waals surface area contributed by atoms with Crippen molar-refractivity contribution in [1.29, 1.82) is 0 Å². The monoisotopic (exact) mass is 259 g/mol. The summed E-state index contributed by atoms with van der Waals surface area (Å²) in [6, 6.07) is 7.96. The van der Waals surface area contributed by atoms with E-state index in [0.717, 1.165) is 28.4 Å². The fourth-order valence-electron chi connectivity index (χ4n) is 1.91. The Bertz CT molecular complexity index is 550. The Kier molecular flexibility index (Phi) is 3.51. The molecule has 19 heavy (non-hydrogen) atoms. The van der Waals surface area contributed by atoms with E-state index >= 15 is 0 Å². The third kappa shape index (κ3) is 3.08. The van der Waals surface area contributed by atoms with Crippen molar-refractivity contribution in [2.45, 2.75) is 33.2 Å². The summed E-state index contributed by atoms with van der Waals surface area (Å²) in [5, 5.41) is 10.8. The van der Waals surface area contributed by atoms with Gasteiger partial charge in [0.15, 0.2) is 5.82 Å². The molecule has 0 bridgehead atoms. The molecule has 0 unspecified atom stereocenters. The minimum atomic E-state index is -0.00285. The van der Waals surface area contributed by atoms with Crippen LogP contribution in [0.3, 0.4) is 0 Å². The Labute approximate surface area is 114 Å². The second kappa shape index (κ2) is 4.96. The molecule has 0 aliphatic heterocycles. The zero-order valence-corrected chi connectivity index (χ0v) is 12.2. The van der Waals surface area contributed by atoms with Crippen LogP contribution in [0.5, 0.6) is 5.75 Å². The molecule has 0 fully saturated rings. The topological polar surface area (TPSA) is 49.9 Å². The molecule has 1 aromatic heterocycles. The minimum absolute atomic E-state index is 0.00285. The predicted molar refractivity (Wildman–Crippen MR) is 78.7 cm³/mol. The number of rotatable bonds is 3. The summed E-state index contributed by atoms with van der Waals surface area (Å²) < 4.78 is 5.17. The molecular formula is C15H21N3O. The van der Waals surface area contributed by atoms with Crippen LogP contribution in [0.25, 0.3) is 11.3 Å². The van der Waals surface area contributed by atoms with Gasteiger partial charge in [-0.05, 0) is 52.0 Å². The maximum Gasteiger partial charge on any atom is 0.151 e. The number of anilines is 1. The molecule has 1 heterocycles. The standard InChI is InChI=1S/C15H21N3O/c1-10-13(11-6-8-12(19-5)9-7-11)17-18-14(10)16-15(2,3)4/h6-9H,1-5H3,(H2,16,17,18). The first-order chi connectivity index (χ1) is 8.90. The normalized spacial score (nSPS) is 11.4. The lowest BCUT2D eigenvalue weighted by molar-refractivity contribution is 0.415. The molecular weight excluding hydrogens is 238 g/mol. The Balaban J connectivity index is 2.30. The van der Waals surface area contributed by atoms with E-state index in [9.17, 15) is 0 Å². The maximum absolute atomic E-state index is 5.17. The fraction of sp³-hybridized carbons (Fsp3) is 0.400. The van der Waals surface area contributed by atoms with Gasteiger partial charge in [-0.25, -0.2) is 0 Å². The van der Waals surface area contributed by atoms with Gasteiger partial charge in [0.2, 0.25) is 0 Å². The van der Waals surface area contributed by atoms with Crippen LogP contribution in [0.1, 0.15) is 26.3 Å². The first kappa shape index (κ1) is 13.5. The highest BCUT2D eigenvalue weighted by Crippen LogP contribution is 2.28. The van der Waals surface area contributed by atoms with Gasteiger partial charge in [-0.2, -0.15) is 5.10 Å². The second-order valence-corrected chi connectivity index (χ2v) is 5.68. The average Bonchev–Trinajstić information content (AvgIpc) is 2.69. The maximum atomic E-state index is 5.17. The van der Waals surface area contributed by atoms with E-state index in [-0.39, 0.29) is 5.54 Å². The first-order valence-corrected chi connectivity index (χ1v) is 6.38. The Hall–Kier alpha value is -1.97. The molecule has 0 saturated heterocycles. The summed E-state index contributed by atoms with van der Waals surface area (Å²) in [6.07, 6.45) is 0. The predicted octanol–water partition coefficient (Wildman–Crippen LogP) is 3.60. The lowest BCUT2D eigenvalue weighted by Gasteiger charge is -2.20. The van der Waals surface area contributed by atoms with Crippen LogP contribution in [0.2, 0.25) is 0 Å². The number of methoxy groups -OCH3 is 1. The van der Waals surface area contributed by atoms with Crippen molar-refractivity contribution in [3.8, 4) is 17.0 Å². The molecule has 0 aliphatic rings. The van der Waals surface area contributed by atoms with Crippen molar-refractivity contribution in [2.75, 3.05) is 12.4 Å². The van der Waals surface area contributed by atoms with Gasteiger partial charge < -0.3 is 10.1 Å². The van der Waals surface area contributed by atoms with Crippen molar-refractivity contribution in [3.63, 3.8) is 0 Å². The highest BCUT2D eigenvalue weighted by atomic mass is 16.5. The highest BCUT2D eigenvalue weighted by molar-refractivity contribution is 5.69. The molecule has 4 heteroatoms. The molecule has 102 valence electrons. The number of aromatic amines is 1. The Morgan fingerprint density at radius 1 is 1.16 bits per heavy atom. The van der Waals surface area contributed by atoms with Gasteiger partial charge in [0.25, 0.3) is 0 Å². The number of hydrogen-bond donors (Lipinski definition) is 2. The number of nitrogens with one attached hydrogen (secondary N) is 2. The summed E-state index contributed by atoms with van der Waals surface area (Å²) in [5.41, 5.74) is 3.26. The molecule has 2 N–H and O–H groups in total. The Morgan fingerprint density at radius 3 is 2.32 bits per heavy atom. The summed E-state index contributed by atoms with van der Waals surface area (Å²) in [5.74, 6) is 1.76. The van der Waals surface area contributed by atoms with Crippen molar-refractivity contribution in [3.05, 3.63) is 29.8 Å².